The smallest absolute Gasteiger partial charge is 0.286 e. The van der Waals surface area contributed by atoms with Crippen molar-refractivity contribution < 1.29 is 9.72 Å². The average molecular weight is 386 g/mol. The quantitative estimate of drug-likeness (QED) is 0.389. The molecule has 1 aromatic heterocycles. The monoisotopic (exact) mass is 385 g/mol. The van der Waals surface area contributed by atoms with Gasteiger partial charge >= 0.3 is 0 Å². The van der Waals surface area contributed by atoms with Crippen molar-refractivity contribution in [2.24, 2.45) is 4.99 Å². The molecule has 130 valence electrons. The standard InChI is InChI=1S/C18H12ClN3O3S/c1-3-8-21-15-6-4-11(2)9-16(15)26-18(21)20-17(23)13-10-12(19)5-7-14(13)22(24)25/h1,4-7,9-10H,8H2,2H3. The van der Waals surface area contributed by atoms with Crippen LogP contribution in [-0.2, 0) is 6.54 Å². The number of rotatable bonds is 3. The number of hydrogen-bond donors (Lipinski definition) is 0. The Labute approximate surface area is 157 Å². The second-order valence-electron chi connectivity index (χ2n) is 5.48. The van der Waals surface area contributed by atoms with Crippen molar-refractivity contribution in [3.63, 3.8) is 0 Å². The molecular weight excluding hydrogens is 374 g/mol. The number of terminal acetylenes is 1. The van der Waals surface area contributed by atoms with E-state index in [9.17, 15) is 14.9 Å². The number of amides is 1. The van der Waals surface area contributed by atoms with E-state index in [-0.39, 0.29) is 22.8 Å². The lowest BCUT2D eigenvalue weighted by Crippen LogP contribution is -2.17. The van der Waals surface area contributed by atoms with Crippen LogP contribution in [0.15, 0.2) is 41.4 Å². The molecule has 3 rings (SSSR count). The molecule has 0 bridgehead atoms. The van der Waals surface area contributed by atoms with E-state index in [0.29, 0.717) is 4.80 Å². The minimum atomic E-state index is -0.742. The van der Waals surface area contributed by atoms with Crippen molar-refractivity contribution in [1.82, 2.24) is 4.57 Å². The van der Waals surface area contributed by atoms with E-state index in [4.69, 9.17) is 18.0 Å². The van der Waals surface area contributed by atoms with Crippen LogP contribution in [0.2, 0.25) is 5.02 Å². The number of halogens is 1. The van der Waals surface area contributed by atoms with Crippen molar-refractivity contribution in [1.29, 1.82) is 0 Å². The second kappa shape index (κ2) is 7.12. The Kier molecular flexibility index (Phi) is 4.89. The Morgan fingerprint density at radius 3 is 2.85 bits per heavy atom. The molecule has 1 amide bonds. The molecule has 0 unspecified atom stereocenters. The van der Waals surface area contributed by atoms with Gasteiger partial charge in [-0.2, -0.15) is 4.99 Å². The minimum Gasteiger partial charge on any atom is -0.305 e. The lowest BCUT2D eigenvalue weighted by atomic mass is 10.2. The molecule has 0 spiro atoms. The maximum Gasteiger partial charge on any atom is 0.286 e. The van der Waals surface area contributed by atoms with Crippen molar-refractivity contribution in [3.8, 4) is 12.3 Å². The van der Waals surface area contributed by atoms with Crippen molar-refractivity contribution in [2.45, 2.75) is 13.5 Å². The molecule has 0 atom stereocenters. The van der Waals surface area contributed by atoms with Crippen LogP contribution in [0.25, 0.3) is 10.2 Å². The predicted molar refractivity (Wildman–Crippen MR) is 101 cm³/mol. The molecule has 2 aromatic carbocycles. The number of benzene rings is 2. The number of carbonyl (C=O) groups excluding carboxylic acids is 1. The summed E-state index contributed by atoms with van der Waals surface area (Å²) in [6, 6.07) is 9.61. The molecule has 0 saturated heterocycles. The number of fused-ring (bicyclic) bond motifs is 1. The predicted octanol–water partition coefficient (Wildman–Crippen LogP) is 3.95. The van der Waals surface area contributed by atoms with E-state index in [1.54, 1.807) is 4.57 Å². The topological polar surface area (TPSA) is 77.5 Å². The number of nitro benzene ring substituents is 1. The Hall–Kier alpha value is -2.95. The molecule has 26 heavy (non-hydrogen) atoms. The summed E-state index contributed by atoms with van der Waals surface area (Å²) in [7, 11) is 0. The summed E-state index contributed by atoms with van der Waals surface area (Å²) in [5.41, 5.74) is 1.41. The zero-order valence-corrected chi connectivity index (χ0v) is 15.2. The van der Waals surface area contributed by atoms with Crippen LogP contribution in [0.1, 0.15) is 15.9 Å². The van der Waals surface area contributed by atoms with Crippen LogP contribution in [0, 0.1) is 29.4 Å². The summed E-state index contributed by atoms with van der Waals surface area (Å²) in [5.74, 6) is 1.80. The van der Waals surface area contributed by atoms with E-state index in [0.717, 1.165) is 15.8 Å². The Morgan fingerprint density at radius 2 is 2.15 bits per heavy atom. The highest BCUT2D eigenvalue weighted by atomic mass is 35.5. The highest BCUT2D eigenvalue weighted by molar-refractivity contribution is 7.16. The summed E-state index contributed by atoms with van der Waals surface area (Å²) in [4.78, 5) is 27.6. The fourth-order valence-electron chi connectivity index (χ4n) is 2.50. The van der Waals surface area contributed by atoms with Crippen LogP contribution in [0.3, 0.4) is 0 Å². The van der Waals surface area contributed by atoms with Crippen molar-refractivity contribution >= 4 is 44.7 Å². The van der Waals surface area contributed by atoms with Gasteiger partial charge in [-0.15, -0.1) is 6.42 Å². The highest BCUT2D eigenvalue weighted by Gasteiger charge is 2.20. The van der Waals surface area contributed by atoms with Gasteiger partial charge in [0.05, 0.1) is 21.7 Å². The molecule has 0 aliphatic rings. The lowest BCUT2D eigenvalue weighted by molar-refractivity contribution is -0.385. The number of hydrogen-bond acceptors (Lipinski definition) is 4. The number of carbonyl (C=O) groups is 1. The zero-order chi connectivity index (χ0) is 18.8. The Balaban J connectivity index is 2.21. The number of nitrogens with zero attached hydrogens (tertiary/aromatic N) is 3. The Morgan fingerprint density at radius 1 is 1.38 bits per heavy atom. The van der Waals surface area contributed by atoms with Gasteiger partial charge in [-0.05, 0) is 36.8 Å². The van der Waals surface area contributed by atoms with Gasteiger partial charge in [0.25, 0.3) is 11.6 Å². The number of aromatic nitrogens is 1. The third-order valence-electron chi connectivity index (χ3n) is 3.67. The summed E-state index contributed by atoms with van der Waals surface area (Å²) < 4.78 is 2.65. The third kappa shape index (κ3) is 3.38. The van der Waals surface area contributed by atoms with Crippen LogP contribution < -0.4 is 4.80 Å². The van der Waals surface area contributed by atoms with Gasteiger partial charge in [0.2, 0.25) is 0 Å². The van der Waals surface area contributed by atoms with E-state index in [1.807, 2.05) is 25.1 Å². The molecule has 6 nitrogen and oxygen atoms in total. The molecular formula is C18H12ClN3O3S. The first-order valence-corrected chi connectivity index (χ1v) is 8.66. The lowest BCUT2D eigenvalue weighted by Gasteiger charge is -2.01. The maximum absolute atomic E-state index is 12.6. The van der Waals surface area contributed by atoms with Crippen molar-refractivity contribution in [3.05, 3.63) is 67.5 Å². The van der Waals surface area contributed by atoms with E-state index < -0.39 is 10.8 Å². The number of aryl methyl sites for hydroxylation is 1. The molecule has 0 aliphatic carbocycles. The van der Waals surface area contributed by atoms with Crippen LogP contribution >= 0.6 is 22.9 Å². The largest absolute Gasteiger partial charge is 0.305 e. The number of nitro groups is 1. The average Bonchev–Trinajstić information content (AvgIpc) is 2.91. The van der Waals surface area contributed by atoms with Crippen molar-refractivity contribution in [2.75, 3.05) is 0 Å². The molecule has 1 heterocycles. The summed E-state index contributed by atoms with van der Waals surface area (Å²) in [6.07, 6.45) is 5.44. The van der Waals surface area contributed by atoms with E-state index >= 15 is 0 Å². The normalized spacial score (nSPS) is 11.5. The van der Waals surface area contributed by atoms with Crippen LogP contribution in [0.4, 0.5) is 5.69 Å². The molecule has 0 aliphatic heterocycles. The van der Waals surface area contributed by atoms with Gasteiger partial charge in [0, 0.05) is 11.1 Å². The first-order valence-electron chi connectivity index (χ1n) is 7.47. The van der Waals surface area contributed by atoms with Crippen LogP contribution in [-0.4, -0.2) is 15.4 Å². The zero-order valence-electron chi connectivity index (χ0n) is 13.6. The fourth-order valence-corrected chi connectivity index (χ4v) is 3.79. The van der Waals surface area contributed by atoms with Gasteiger partial charge in [-0.25, -0.2) is 0 Å². The van der Waals surface area contributed by atoms with Gasteiger partial charge < -0.3 is 4.57 Å². The number of thiazole rings is 1. The van der Waals surface area contributed by atoms with Gasteiger partial charge in [-0.3, -0.25) is 14.9 Å². The molecule has 3 aromatic rings. The summed E-state index contributed by atoms with van der Waals surface area (Å²) in [5, 5.41) is 11.4. The van der Waals surface area contributed by atoms with Gasteiger partial charge in [0.1, 0.15) is 5.56 Å². The SMILES string of the molecule is C#CCn1c(=NC(=O)c2cc(Cl)ccc2[N+](=O)[O-])sc2cc(C)ccc21. The first-order chi connectivity index (χ1) is 12.4. The molecule has 0 radical (unpaired) electrons. The molecule has 8 heteroatoms. The highest BCUT2D eigenvalue weighted by Crippen LogP contribution is 2.24. The summed E-state index contributed by atoms with van der Waals surface area (Å²) >= 11 is 7.18. The van der Waals surface area contributed by atoms with Gasteiger partial charge in [0.15, 0.2) is 4.80 Å². The third-order valence-corrected chi connectivity index (χ3v) is 4.95. The molecule has 0 saturated carbocycles. The molecule has 0 N–H and O–H groups in total. The van der Waals surface area contributed by atoms with Crippen LogP contribution in [0.5, 0.6) is 0 Å². The fraction of sp³-hybridized carbons (Fsp3) is 0.111. The van der Waals surface area contributed by atoms with E-state index in [1.165, 1.54) is 29.5 Å². The van der Waals surface area contributed by atoms with E-state index in [2.05, 4.69) is 10.9 Å². The molecule has 0 fully saturated rings. The first kappa shape index (κ1) is 17.9. The minimum absolute atomic E-state index is 0.164. The summed E-state index contributed by atoms with van der Waals surface area (Å²) in [6.45, 7) is 2.19. The second-order valence-corrected chi connectivity index (χ2v) is 6.93. The van der Waals surface area contributed by atoms with Gasteiger partial charge in [-0.1, -0.05) is 34.9 Å². The maximum atomic E-state index is 12.6. The Bertz CT molecular complexity index is 1150.